The van der Waals surface area contributed by atoms with Gasteiger partial charge in [0, 0.05) is 24.8 Å². The van der Waals surface area contributed by atoms with Crippen molar-refractivity contribution in [2.24, 2.45) is 29.1 Å². The van der Waals surface area contributed by atoms with E-state index >= 15 is 0 Å². The molecule has 13 nitrogen and oxygen atoms in total. The number of hydrogen-bond donors (Lipinski definition) is 1. The molecule has 0 unspecified atom stereocenters. The largest absolute Gasteiger partial charge is 0.497 e. The summed E-state index contributed by atoms with van der Waals surface area (Å²) in [6.45, 7) is 8.90. The summed E-state index contributed by atoms with van der Waals surface area (Å²) in [5.74, 6) is -4.64. The van der Waals surface area contributed by atoms with Gasteiger partial charge < -0.3 is 19.1 Å². The van der Waals surface area contributed by atoms with E-state index in [0.717, 1.165) is 13.8 Å². The predicted octanol–water partition coefficient (Wildman–Crippen LogP) is 6.59. The number of fused-ring (bicyclic) bond motifs is 3. The summed E-state index contributed by atoms with van der Waals surface area (Å²) in [6.07, 6.45) is -0.221. The SMILES string of the molecule is COc1ccc2nc(C(C)C)c(O[C@@H]3C[C@H]4C(=O)C[C@]5(C(=O)NS(=O)(=O)C6CC6)C[C@H]5/C=C\CC[C@@H](C)C[C@@H](C)[C@H](CC(=O)OC(C)(C)C(F)(F)F)C(=O)N4C3)nc2c1. The van der Waals surface area contributed by atoms with Crippen molar-refractivity contribution in [3.63, 3.8) is 0 Å². The Morgan fingerprint density at radius 3 is 2.41 bits per heavy atom. The summed E-state index contributed by atoms with van der Waals surface area (Å²) in [5, 5.41) is -0.668. The average Bonchev–Trinajstić information content (AvgIpc) is 4.07. The van der Waals surface area contributed by atoms with Crippen molar-refractivity contribution >= 4 is 44.6 Å². The van der Waals surface area contributed by atoms with Crippen LogP contribution in [0.1, 0.15) is 111 Å². The second kappa shape index (κ2) is 16.6. The Bertz CT molecular complexity index is 2110. The maximum atomic E-state index is 14.9. The molecular weight excluding hydrogens is 794 g/mol. The van der Waals surface area contributed by atoms with Crippen molar-refractivity contribution in [2.45, 2.75) is 134 Å². The number of aromatic nitrogens is 2. The predicted molar refractivity (Wildman–Crippen MR) is 211 cm³/mol. The third-order valence-electron chi connectivity index (χ3n) is 12.3. The van der Waals surface area contributed by atoms with E-state index in [0.29, 0.717) is 54.6 Å². The van der Waals surface area contributed by atoms with Crippen LogP contribution in [-0.4, -0.2) is 89.7 Å². The maximum Gasteiger partial charge on any atom is 0.427 e. The summed E-state index contributed by atoms with van der Waals surface area (Å²) in [7, 11) is -2.42. The van der Waals surface area contributed by atoms with Crippen molar-refractivity contribution in [2.75, 3.05) is 13.7 Å². The Balaban J connectivity index is 1.37. The number of nitrogens with one attached hydrogen (secondary N) is 1. The zero-order valence-electron chi connectivity index (χ0n) is 34.6. The lowest BCUT2D eigenvalue weighted by Crippen LogP contribution is -2.48. The summed E-state index contributed by atoms with van der Waals surface area (Å²) in [6, 6.07) is 4.05. The van der Waals surface area contributed by atoms with Gasteiger partial charge in [0.2, 0.25) is 33.3 Å². The molecule has 1 aromatic heterocycles. The lowest BCUT2D eigenvalue weighted by atomic mass is 9.82. The number of rotatable bonds is 10. The van der Waals surface area contributed by atoms with E-state index in [1.807, 2.05) is 32.9 Å². The van der Waals surface area contributed by atoms with Crippen LogP contribution in [0.25, 0.3) is 11.0 Å². The number of nitrogens with zero attached hydrogens (tertiary/aromatic N) is 3. The number of hydrogen-bond acceptors (Lipinski definition) is 11. The molecule has 1 aromatic carbocycles. The highest BCUT2D eigenvalue weighted by molar-refractivity contribution is 7.90. The fourth-order valence-corrected chi connectivity index (χ4v) is 9.71. The number of amides is 2. The third-order valence-corrected chi connectivity index (χ3v) is 14.1. The average molecular weight is 849 g/mol. The molecule has 0 bridgehead atoms. The van der Waals surface area contributed by atoms with E-state index < -0.39 is 92.4 Å². The summed E-state index contributed by atoms with van der Waals surface area (Å²) < 4.78 is 86.3. The van der Waals surface area contributed by atoms with E-state index in [-0.39, 0.29) is 43.5 Å². The van der Waals surface area contributed by atoms with Gasteiger partial charge in [-0.2, -0.15) is 13.2 Å². The van der Waals surface area contributed by atoms with Crippen molar-refractivity contribution < 1.29 is 55.0 Å². The number of sulfonamides is 1. The Morgan fingerprint density at radius 1 is 1.05 bits per heavy atom. The zero-order chi connectivity index (χ0) is 43.2. The fourth-order valence-electron chi connectivity index (χ4n) is 8.33. The molecule has 2 aliphatic carbocycles. The fraction of sp³-hybridized carbons (Fsp3) is 0.667. The van der Waals surface area contributed by atoms with Gasteiger partial charge in [0.15, 0.2) is 5.78 Å². The van der Waals surface area contributed by atoms with Crippen molar-refractivity contribution in [1.82, 2.24) is 19.6 Å². The van der Waals surface area contributed by atoms with Crippen LogP contribution in [0, 0.1) is 29.1 Å². The first kappa shape index (κ1) is 44.3. The number of esters is 1. The van der Waals surface area contributed by atoms with Gasteiger partial charge in [-0.3, -0.25) is 23.9 Å². The van der Waals surface area contributed by atoms with Crippen LogP contribution >= 0.6 is 0 Å². The number of allylic oxidation sites excluding steroid dienone is 2. The normalized spacial score (nSPS) is 28.9. The molecule has 3 heterocycles. The molecule has 0 radical (unpaired) electrons. The molecule has 1 saturated heterocycles. The van der Waals surface area contributed by atoms with Crippen LogP contribution in [0.2, 0.25) is 0 Å². The van der Waals surface area contributed by atoms with E-state index in [4.69, 9.17) is 24.2 Å². The smallest absolute Gasteiger partial charge is 0.427 e. The first-order valence-corrected chi connectivity index (χ1v) is 22.0. The number of ether oxygens (including phenoxy) is 3. The van der Waals surface area contributed by atoms with Gasteiger partial charge in [0.05, 0.1) is 53.7 Å². The number of carbonyl (C=O) groups is 4. The molecule has 17 heteroatoms. The number of halogens is 3. The van der Waals surface area contributed by atoms with Crippen LogP contribution in [0.3, 0.4) is 0 Å². The van der Waals surface area contributed by atoms with E-state index in [9.17, 15) is 40.8 Å². The molecule has 4 aliphatic rings. The number of methoxy groups -OCH3 is 1. The van der Waals surface area contributed by atoms with Crippen LogP contribution in [0.4, 0.5) is 13.2 Å². The van der Waals surface area contributed by atoms with Gasteiger partial charge >= 0.3 is 12.1 Å². The van der Waals surface area contributed by atoms with Gasteiger partial charge in [-0.05, 0) is 82.3 Å². The first-order valence-electron chi connectivity index (χ1n) is 20.4. The number of alkyl halides is 3. The minimum absolute atomic E-state index is 0.0142. The van der Waals surface area contributed by atoms with Gasteiger partial charge in [0.1, 0.15) is 17.5 Å². The standard InChI is InChI=1S/C42H55F3N4O9S/c1-23(2)36-37(47-32-17-27(56-7)12-15-31(32)46-36)57-28-18-33-34(50)21-41(39(53)48-59(54,55)29-13-14-29)20-26(41)11-9-8-10-24(3)16-25(4)30(38(52)49(33)22-28)19-35(51)58-40(5,6)42(43,44)45/h9,11-12,15,17,23-26,28-30,33H,8,10,13-14,16,18-22H2,1-7H3,(H,48,53)/b11-9-/t24-,25-,26-,28-,30+,33+,41-/m1/s1. The number of carbonyl (C=O) groups excluding carboxylic acids is 4. The Morgan fingerprint density at radius 2 is 1.76 bits per heavy atom. The van der Waals surface area contributed by atoms with E-state index in [1.54, 1.807) is 25.1 Å². The monoisotopic (exact) mass is 848 g/mol. The topological polar surface area (TPSA) is 171 Å². The Kier molecular flexibility index (Phi) is 12.5. The minimum Gasteiger partial charge on any atom is -0.497 e. The molecule has 324 valence electrons. The molecule has 7 atom stereocenters. The molecule has 2 aromatic rings. The van der Waals surface area contributed by atoms with Crippen molar-refractivity contribution in [3.05, 3.63) is 36.0 Å². The molecule has 1 N–H and O–H groups in total. The van der Waals surface area contributed by atoms with Crippen LogP contribution in [0.15, 0.2) is 30.4 Å². The molecule has 0 spiro atoms. The van der Waals surface area contributed by atoms with Gasteiger partial charge in [-0.25, -0.2) is 18.4 Å². The number of Topliss-reactive ketones (excluding diaryl/α,β-unsaturated/α-hetero) is 1. The molecule has 3 fully saturated rings. The molecular formula is C42H55F3N4O9S. The van der Waals surface area contributed by atoms with Gasteiger partial charge in [-0.15, -0.1) is 0 Å². The van der Waals surface area contributed by atoms with Crippen molar-refractivity contribution in [1.29, 1.82) is 0 Å². The second-order valence-electron chi connectivity index (χ2n) is 17.8. The molecule has 59 heavy (non-hydrogen) atoms. The zero-order valence-corrected chi connectivity index (χ0v) is 35.5. The highest BCUT2D eigenvalue weighted by Gasteiger charge is 2.62. The van der Waals surface area contributed by atoms with Crippen LogP contribution in [0.5, 0.6) is 11.6 Å². The highest BCUT2D eigenvalue weighted by Crippen LogP contribution is 2.57. The van der Waals surface area contributed by atoms with Crippen LogP contribution in [-0.2, 0) is 33.9 Å². The van der Waals surface area contributed by atoms with Crippen LogP contribution < -0.4 is 14.2 Å². The second-order valence-corrected chi connectivity index (χ2v) is 19.8. The summed E-state index contributed by atoms with van der Waals surface area (Å²) in [4.78, 5) is 67.6. The first-order chi connectivity index (χ1) is 27.5. The Labute approximate surface area is 343 Å². The van der Waals surface area contributed by atoms with Crippen molar-refractivity contribution in [3.8, 4) is 11.6 Å². The third kappa shape index (κ3) is 9.70. The molecule has 6 rings (SSSR count). The van der Waals surface area contributed by atoms with E-state index in [2.05, 4.69) is 4.72 Å². The quantitative estimate of drug-likeness (QED) is 0.202. The van der Waals surface area contributed by atoms with Gasteiger partial charge in [-0.1, -0.05) is 39.8 Å². The molecule has 2 saturated carbocycles. The number of benzene rings is 1. The lowest BCUT2D eigenvalue weighted by molar-refractivity contribution is -0.257. The Hall–Kier alpha value is -4.28. The maximum absolute atomic E-state index is 14.9. The minimum atomic E-state index is -4.87. The van der Waals surface area contributed by atoms with Gasteiger partial charge in [0.25, 0.3) is 0 Å². The molecule has 2 amide bonds. The van der Waals surface area contributed by atoms with E-state index in [1.165, 1.54) is 12.0 Å². The highest BCUT2D eigenvalue weighted by atomic mass is 32.2. The molecule has 2 aliphatic heterocycles. The lowest BCUT2D eigenvalue weighted by Gasteiger charge is -2.33. The summed E-state index contributed by atoms with van der Waals surface area (Å²) >= 11 is 0. The summed E-state index contributed by atoms with van der Waals surface area (Å²) in [5.41, 5.74) is -2.59. The number of ketones is 1.